The van der Waals surface area contributed by atoms with Gasteiger partial charge < -0.3 is 14.7 Å². The number of aromatic nitrogens is 1. The molecule has 5 heterocycles. The SMILES string of the molecule is CCNC(=NCC1CN2CCN1CC2)N1CCN(Cc2ccon2)CC1.I. The number of aliphatic imine (C=N–C) groups is 1. The van der Waals surface area contributed by atoms with Gasteiger partial charge in [-0.3, -0.25) is 19.7 Å². The minimum absolute atomic E-state index is 0. The molecule has 4 aliphatic rings. The lowest BCUT2D eigenvalue weighted by molar-refractivity contribution is 0.0173. The minimum Gasteiger partial charge on any atom is -0.364 e. The van der Waals surface area contributed by atoms with Crippen molar-refractivity contribution in [2.45, 2.75) is 19.5 Å². The average molecular weight is 489 g/mol. The van der Waals surface area contributed by atoms with Crippen LogP contribution in [0, 0.1) is 0 Å². The Labute approximate surface area is 178 Å². The summed E-state index contributed by atoms with van der Waals surface area (Å²) in [5.41, 5.74) is 1.01. The summed E-state index contributed by atoms with van der Waals surface area (Å²) in [5, 5.41) is 7.51. The highest BCUT2D eigenvalue weighted by atomic mass is 127. The predicted molar refractivity (Wildman–Crippen MR) is 117 cm³/mol. The van der Waals surface area contributed by atoms with Gasteiger partial charge in [-0.1, -0.05) is 5.16 Å². The zero-order valence-corrected chi connectivity index (χ0v) is 18.5. The summed E-state index contributed by atoms with van der Waals surface area (Å²) in [6, 6.07) is 2.53. The molecule has 0 aromatic carbocycles. The van der Waals surface area contributed by atoms with E-state index in [1.165, 1.54) is 32.7 Å². The highest BCUT2D eigenvalue weighted by molar-refractivity contribution is 14.0. The van der Waals surface area contributed by atoms with Crippen LogP contribution in [0.4, 0.5) is 0 Å². The van der Waals surface area contributed by atoms with Crippen LogP contribution < -0.4 is 5.32 Å². The summed E-state index contributed by atoms with van der Waals surface area (Å²) >= 11 is 0. The monoisotopic (exact) mass is 489 g/mol. The van der Waals surface area contributed by atoms with Crippen LogP contribution in [0.1, 0.15) is 12.6 Å². The maximum atomic E-state index is 5.00. The summed E-state index contributed by atoms with van der Waals surface area (Å²) in [4.78, 5) is 15.0. The lowest BCUT2D eigenvalue weighted by Crippen LogP contribution is -2.62. The molecule has 1 unspecified atom stereocenters. The molecule has 1 aromatic heterocycles. The van der Waals surface area contributed by atoms with Crippen LogP contribution in [0.2, 0.25) is 0 Å². The van der Waals surface area contributed by atoms with Gasteiger partial charge in [0, 0.05) is 84.1 Å². The fourth-order valence-corrected chi connectivity index (χ4v) is 4.18. The molecular formula is C18H32IN7O. The Hall–Kier alpha value is -0.910. The van der Waals surface area contributed by atoms with Crippen LogP contribution in [0.25, 0.3) is 0 Å². The average Bonchev–Trinajstić information content (AvgIpc) is 3.20. The zero-order valence-electron chi connectivity index (χ0n) is 16.2. The van der Waals surface area contributed by atoms with E-state index in [9.17, 15) is 0 Å². The Kier molecular flexibility index (Phi) is 7.74. The Balaban J connectivity index is 0.00000210. The van der Waals surface area contributed by atoms with Crippen LogP contribution in [0.15, 0.2) is 21.8 Å². The summed E-state index contributed by atoms with van der Waals surface area (Å²) in [6.45, 7) is 14.9. The second kappa shape index (κ2) is 10.0. The molecule has 1 aromatic rings. The normalized spacial score (nSPS) is 28.9. The molecule has 8 nitrogen and oxygen atoms in total. The number of nitrogens with one attached hydrogen (secondary N) is 1. The number of halogens is 1. The summed E-state index contributed by atoms with van der Waals surface area (Å²) < 4.78 is 4.93. The summed E-state index contributed by atoms with van der Waals surface area (Å²) in [6.07, 6.45) is 1.64. The third-order valence-electron chi connectivity index (χ3n) is 5.73. The van der Waals surface area contributed by atoms with E-state index in [0.717, 1.165) is 57.5 Å². The van der Waals surface area contributed by atoms with E-state index in [4.69, 9.17) is 9.52 Å². The fourth-order valence-electron chi connectivity index (χ4n) is 4.18. The Bertz CT molecular complexity index is 581. The highest BCUT2D eigenvalue weighted by Gasteiger charge is 2.31. The quantitative estimate of drug-likeness (QED) is 0.365. The summed E-state index contributed by atoms with van der Waals surface area (Å²) in [7, 11) is 0. The zero-order chi connectivity index (χ0) is 17.8. The Morgan fingerprint density at radius 2 is 1.96 bits per heavy atom. The molecule has 2 bridgehead atoms. The number of piperazine rings is 4. The van der Waals surface area contributed by atoms with E-state index < -0.39 is 0 Å². The Morgan fingerprint density at radius 3 is 2.56 bits per heavy atom. The second-order valence-electron chi connectivity index (χ2n) is 7.44. The maximum absolute atomic E-state index is 5.00. The molecule has 0 radical (unpaired) electrons. The first-order valence-corrected chi connectivity index (χ1v) is 9.93. The largest absolute Gasteiger partial charge is 0.364 e. The molecule has 0 spiro atoms. The smallest absolute Gasteiger partial charge is 0.194 e. The van der Waals surface area contributed by atoms with Crippen LogP contribution in [0.5, 0.6) is 0 Å². The van der Waals surface area contributed by atoms with Crippen molar-refractivity contribution in [3.63, 3.8) is 0 Å². The van der Waals surface area contributed by atoms with E-state index in [1.807, 2.05) is 6.07 Å². The van der Waals surface area contributed by atoms with Crippen molar-refractivity contribution in [3.05, 3.63) is 18.0 Å². The van der Waals surface area contributed by atoms with Gasteiger partial charge in [-0.05, 0) is 6.92 Å². The second-order valence-corrected chi connectivity index (χ2v) is 7.44. The lowest BCUT2D eigenvalue weighted by atomic mass is 10.1. The van der Waals surface area contributed by atoms with Crippen LogP contribution in [-0.2, 0) is 6.54 Å². The molecule has 152 valence electrons. The van der Waals surface area contributed by atoms with Gasteiger partial charge >= 0.3 is 0 Å². The molecular weight excluding hydrogens is 457 g/mol. The first-order valence-electron chi connectivity index (χ1n) is 9.93. The maximum Gasteiger partial charge on any atom is 0.194 e. The molecule has 0 amide bonds. The number of hydrogen-bond donors (Lipinski definition) is 1. The van der Waals surface area contributed by atoms with Gasteiger partial charge in [-0.25, -0.2) is 0 Å². The van der Waals surface area contributed by atoms with Crippen molar-refractivity contribution in [2.75, 3.05) is 72.0 Å². The van der Waals surface area contributed by atoms with Crippen LogP contribution in [-0.4, -0.2) is 109 Å². The van der Waals surface area contributed by atoms with E-state index in [0.29, 0.717) is 6.04 Å². The number of fused-ring (bicyclic) bond motifs is 3. The molecule has 0 saturated carbocycles. The van der Waals surface area contributed by atoms with Gasteiger partial charge in [0.25, 0.3) is 0 Å². The van der Waals surface area contributed by atoms with Gasteiger partial charge in [0.15, 0.2) is 5.96 Å². The third kappa shape index (κ3) is 5.33. The predicted octanol–water partition coefficient (Wildman–Crippen LogP) is 0.376. The van der Waals surface area contributed by atoms with Crippen molar-refractivity contribution in [3.8, 4) is 0 Å². The van der Waals surface area contributed by atoms with Gasteiger partial charge in [0.05, 0.1) is 12.2 Å². The fraction of sp³-hybridized carbons (Fsp3) is 0.778. The molecule has 0 aliphatic carbocycles. The Morgan fingerprint density at radius 1 is 1.19 bits per heavy atom. The molecule has 1 N–H and O–H groups in total. The third-order valence-corrected chi connectivity index (χ3v) is 5.73. The van der Waals surface area contributed by atoms with Crippen LogP contribution in [0.3, 0.4) is 0 Å². The molecule has 27 heavy (non-hydrogen) atoms. The molecule has 5 rings (SSSR count). The van der Waals surface area contributed by atoms with Crippen LogP contribution >= 0.6 is 24.0 Å². The first-order chi connectivity index (χ1) is 12.8. The number of guanidine groups is 1. The van der Waals surface area contributed by atoms with Crippen molar-refractivity contribution < 1.29 is 4.52 Å². The number of rotatable bonds is 5. The molecule has 4 saturated heterocycles. The highest BCUT2D eigenvalue weighted by Crippen LogP contribution is 2.16. The van der Waals surface area contributed by atoms with Crippen molar-refractivity contribution in [1.29, 1.82) is 0 Å². The van der Waals surface area contributed by atoms with E-state index in [2.05, 4.69) is 37.0 Å². The lowest BCUT2D eigenvalue weighted by Gasteiger charge is -2.47. The first kappa shape index (κ1) is 20.8. The van der Waals surface area contributed by atoms with E-state index in [1.54, 1.807) is 6.26 Å². The van der Waals surface area contributed by atoms with Crippen molar-refractivity contribution >= 4 is 29.9 Å². The molecule has 4 aliphatic heterocycles. The van der Waals surface area contributed by atoms with E-state index in [-0.39, 0.29) is 24.0 Å². The number of hydrogen-bond acceptors (Lipinski definition) is 6. The number of nitrogens with zero attached hydrogens (tertiary/aromatic N) is 6. The van der Waals surface area contributed by atoms with Gasteiger partial charge in [0.2, 0.25) is 0 Å². The van der Waals surface area contributed by atoms with Crippen molar-refractivity contribution in [1.82, 2.24) is 30.1 Å². The topological polar surface area (TPSA) is 63.4 Å². The van der Waals surface area contributed by atoms with Crippen molar-refractivity contribution in [2.24, 2.45) is 4.99 Å². The van der Waals surface area contributed by atoms with E-state index >= 15 is 0 Å². The molecule has 1 atom stereocenters. The van der Waals surface area contributed by atoms with Gasteiger partial charge in [0.1, 0.15) is 6.26 Å². The van der Waals surface area contributed by atoms with Gasteiger partial charge in [-0.15, -0.1) is 24.0 Å². The van der Waals surface area contributed by atoms with Gasteiger partial charge in [-0.2, -0.15) is 0 Å². The minimum atomic E-state index is 0. The standard InChI is InChI=1S/C18H31N7O.HI/c1-2-19-18(20-13-17-15-23-4-8-24(17)9-5-23)25-10-6-22(7-11-25)14-16-3-12-26-21-16;/h3,12,17H,2,4-11,13-15H2,1H3,(H,19,20);1H. The molecule has 4 fully saturated rings. The summed E-state index contributed by atoms with van der Waals surface area (Å²) in [5.74, 6) is 1.08. The molecule has 9 heteroatoms.